The molecule has 0 aliphatic rings. The van der Waals surface area contributed by atoms with E-state index in [9.17, 15) is 31.0 Å². The number of hydrogen-bond acceptors (Lipinski definition) is 9. The van der Waals surface area contributed by atoms with Crippen LogP contribution in [-0.4, -0.2) is 31.0 Å². The van der Waals surface area contributed by atoms with Gasteiger partial charge in [0.05, 0.1) is 11.4 Å². The summed E-state index contributed by atoms with van der Waals surface area (Å²) in [7, 11) is -9.33. The summed E-state index contributed by atoms with van der Waals surface area (Å²) in [6, 6.07) is 15.2. The van der Waals surface area contributed by atoms with E-state index in [4.69, 9.17) is 0 Å². The molecule has 0 aliphatic carbocycles. The molecule has 0 fully saturated rings. The van der Waals surface area contributed by atoms with Crippen LogP contribution in [0.4, 0.5) is 22.7 Å². The minimum absolute atomic E-state index is 0.0629. The Balaban J connectivity index is 1.77. The molecule has 0 atom stereocenters. The van der Waals surface area contributed by atoms with E-state index in [-0.39, 0.29) is 38.3 Å². The summed E-state index contributed by atoms with van der Waals surface area (Å²) in [5, 5.41) is 27.0. The van der Waals surface area contributed by atoms with Gasteiger partial charge in [0.25, 0.3) is 20.2 Å². The molecule has 11 nitrogen and oxygen atoms in total. The molecule has 38 heavy (non-hydrogen) atoms. The Labute approximate surface area is 218 Å². The summed E-state index contributed by atoms with van der Waals surface area (Å²) in [4.78, 5) is -0.926. The van der Waals surface area contributed by atoms with E-state index in [0.717, 1.165) is 11.6 Å². The molecule has 3 N–H and O–H groups in total. The maximum absolute atomic E-state index is 12.1. The molecule has 4 rings (SSSR count). The van der Waals surface area contributed by atoms with Crippen molar-refractivity contribution in [2.45, 2.75) is 30.6 Å². The number of aryl methyl sites for hydroxylation is 3. The van der Waals surface area contributed by atoms with Crippen molar-refractivity contribution in [1.82, 2.24) is 0 Å². The van der Waals surface area contributed by atoms with Gasteiger partial charge in [0.15, 0.2) is 5.75 Å². The highest BCUT2D eigenvalue weighted by molar-refractivity contribution is 7.86. The highest BCUT2D eigenvalue weighted by Gasteiger charge is 2.22. The molecule has 0 radical (unpaired) electrons. The first-order valence-corrected chi connectivity index (χ1v) is 13.9. The minimum atomic E-state index is -4.74. The number of azo groups is 2. The summed E-state index contributed by atoms with van der Waals surface area (Å²) in [5.74, 6) is -0.425. The molecule has 0 unspecified atom stereocenters. The number of nitrogens with zero attached hydrogens (tertiary/aromatic N) is 4. The Kier molecular flexibility index (Phi) is 7.12. The number of aromatic hydroxyl groups is 1. The van der Waals surface area contributed by atoms with Gasteiger partial charge in [0.1, 0.15) is 21.2 Å². The van der Waals surface area contributed by atoms with Crippen molar-refractivity contribution >= 4 is 53.8 Å². The Hall–Kier alpha value is -4.04. The molecule has 0 heterocycles. The maximum Gasteiger partial charge on any atom is 0.296 e. The second-order valence-electron chi connectivity index (χ2n) is 8.54. The SMILES string of the molecule is Cc1ccc(N=Nc2ccc(N=Nc3c(C)cc4c(S(=O)(=O)O)c(C)ccc4c3O)c(S(=O)(=O)O)c2)cc1. The molecule has 0 saturated carbocycles. The summed E-state index contributed by atoms with van der Waals surface area (Å²) < 4.78 is 67.4. The predicted molar refractivity (Wildman–Crippen MR) is 141 cm³/mol. The van der Waals surface area contributed by atoms with Crippen LogP contribution in [0.15, 0.2) is 90.9 Å². The molecule has 0 spiro atoms. The predicted octanol–water partition coefficient (Wildman–Crippen LogP) is 6.79. The fourth-order valence-corrected chi connectivity index (χ4v) is 5.38. The molecule has 0 amide bonds. The molecule has 196 valence electrons. The Morgan fingerprint density at radius 3 is 1.89 bits per heavy atom. The van der Waals surface area contributed by atoms with Crippen molar-refractivity contribution < 1.29 is 31.0 Å². The summed E-state index contributed by atoms with van der Waals surface area (Å²) in [6.07, 6.45) is 0. The molecule has 4 aromatic carbocycles. The van der Waals surface area contributed by atoms with Crippen molar-refractivity contribution in [2.24, 2.45) is 20.5 Å². The fraction of sp³-hybridized carbons (Fsp3) is 0.120. The number of benzene rings is 4. The van der Waals surface area contributed by atoms with E-state index in [0.29, 0.717) is 11.3 Å². The molecular formula is C25H22N4O7S2. The van der Waals surface area contributed by atoms with Crippen LogP contribution in [0.1, 0.15) is 16.7 Å². The standard InChI is InChI=1S/C25H22N4O7S2/c1-14-4-7-17(8-5-14)26-27-18-9-11-21(22(13-18)37(31,32)33)28-29-23-16(3)12-20-19(24(23)30)10-6-15(2)25(20)38(34,35)36/h4-13,30H,1-3H3,(H,31,32,33)(H,34,35,36). The monoisotopic (exact) mass is 554 g/mol. The molecule has 0 aliphatic heterocycles. The average molecular weight is 555 g/mol. The van der Waals surface area contributed by atoms with Gasteiger partial charge in [0, 0.05) is 10.8 Å². The van der Waals surface area contributed by atoms with Gasteiger partial charge >= 0.3 is 0 Å². The molecule has 4 aromatic rings. The van der Waals surface area contributed by atoms with Crippen LogP contribution in [-0.2, 0) is 20.2 Å². The average Bonchev–Trinajstić information content (AvgIpc) is 2.82. The van der Waals surface area contributed by atoms with Gasteiger partial charge in [-0.3, -0.25) is 9.11 Å². The van der Waals surface area contributed by atoms with E-state index in [2.05, 4.69) is 20.5 Å². The first kappa shape index (κ1) is 27.0. The van der Waals surface area contributed by atoms with Crippen LogP contribution in [0.2, 0.25) is 0 Å². The first-order valence-electron chi connectivity index (χ1n) is 11.0. The van der Waals surface area contributed by atoms with E-state index < -0.39 is 30.9 Å². The number of phenolic OH excluding ortho intramolecular Hbond substituents is 1. The van der Waals surface area contributed by atoms with Gasteiger partial charge < -0.3 is 5.11 Å². The van der Waals surface area contributed by atoms with Crippen LogP contribution in [0.25, 0.3) is 10.8 Å². The lowest BCUT2D eigenvalue weighted by atomic mass is 10.0. The van der Waals surface area contributed by atoms with Crippen LogP contribution in [0, 0.1) is 20.8 Å². The zero-order valence-electron chi connectivity index (χ0n) is 20.4. The van der Waals surface area contributed by atoms with Crippen molar-refractivity contribution in [2.75, 3.05) is 0 Å². The third-order valence-electron chi connectivity index (χ3n) is 5.66. The zero-order valence-corrected chi connectivity index (χ0v) is 22.0. The van der Waals surface area contributed by atoms with E-state index in [1.807, 2.05) is 19.1 Å². The lowest BCUT2D eigenvalue weighted by Gasteiger charge is -2.12. The number of fused-ring (bicyclic) bond motifs is 1. The second-order valence-corrected chi connectivity index (χ2v) is 11.3. The maximum atomic E-state index is 12.1. The third kappa shape index (κ3) is 5.60. The van der Waals surface area contributed by atoms with Gasteiger partial charge in [-0.05, 0) is 68.3 Å². The third-order valence-corrected chi connectivity index (χ3v) is 7.60. The van der Waals surface area contributed by atoms with Gasteiger partial charge in [-0.25, -0.2) is 0 Å². The largest absolute Gasteiger partial charge is 0.505 e. The van der Waals surface area contributed by atoms with E-state index in [1.54, 1.807) is 12.1 Å². The zero-order chi connectivity index (χ0) is 27.8. The fourth-order valence-electron chi connectivity index (χ4n) is 3.81. The van der Waals surface area contributed by atoms with Crippen molar-refractivity contribution in [3.8, 4) is 5.75 Å². The van der Waals surface area contributed by atoms with Crippen molar-refractivity contribution in [3.63, 3.8) is 0 Å². The molecule has 0 bridgehead atoms. The normalized spacial score (nSPS) is 12.7. The van der Waals surface area contributed by atoms with Crippen LogP contribution < -0.4 is 0 Å². The van der Waals surface area contributed by atoms with Crippen LogP contribution in [0.3, 0.4) is 0 Å². The highest BCUT2D eigenvalue weighted by atomic mass is 32.2. The van der Waals surface area contributed by atoms with Crippen LogP contribution in [0.5, 0.6) is 5.75 Å². The number of rotatable bonds is 6. The van der Waals surface area contributed by atoms with Gasteiger partial charge in [-0.1, -0.05) is 29.8 Å². The number of phenols is 1. The second kappa shape index (κ2) is 10.0. The lowest BCUT2D eigenvalue weighted by Crippen LogP contribution is -2.02. The Morgan fingerprint density at radius 1 is 0.632 bits per heavy atom. The summed E-state index contributed by atoms with van der Waals surface area (Å²) in [6.45, 7) is 4.95. The first-order chi connectivity index (χ1) is 17.8. The molecule has 13 heteroatoms. The topological polar surface area (TPSA) is 178 Å². The lowest BCUT2D eigenvalue weighted by molar-refractivity contribution is 0.480. The Bertz CT molecular complexity index is 1850. The van der Waals surface area contributed by atoms with Gasteiger partial charge in [0.2, 0.25) is 0 Å². The van der Waals surface area contributed by atoms with Crippen LogP contribution >= 0.6 is 0 Å². The quantitative estimate of drug-likeness (QED) is 0.173. The summed E-state index contributed by atoms with van der Waals surface area (Å²) >= 11 is 0. The van der Waals surface area contributed by atoms with Crippen molar-refractivity contribution in [3.05, 3.63) is 77.4 Å². The van der Waals surface area contributed by atoms with E-state index in [1.165, 1.54) is 44.2 Å². The van der Waals surface area contributed by atoms with Crippen molar-refractivity contribution in [1.29, 1.82) is 0 Å². The van der Waals surface area contributed by atoms with Gasteiger partial charge in [-0.15, -0.1) is 10.2 Å². The highest BCUT2D eigenvalue weighted by Crippen LogP contribution is 2.42. The van der Waals surface area contributed by atoms with Gasteiger partial charge in [-0.2, -0.15) is 27.1 Å². The summed E-state index contributed by atoms with van der Waals surface area (Å²) in [5.41, 5.74) is 2.00. The van der Waals surface area contributed by atoms with E-state index >= 15 is 0 Å². The molecule has 0 saturated heterocycles. The smallest absolute Gasteiger partial charge is 0.296 e. The minimum Gasteiger partial charge on any atom is -0.505 e. The number of hydrogen-bond donors (Lipinski definition) is 3. The Morgan fingerprint density at radius 2 is 1.26 bits per heavy atom. The molecule has 0 aromatic heterocycles. The molecular weight excluding hydrogens is 532 g/mol.